The van der Waals surface area contributed by atoms with Crippen LogP contribution in [0.15, 0.2) is 0 Å². The van der Waals surface area contributed by atoms with Crippen LogP contribution in [-0.2, 0) is 0 Å². The molecule has 0 radical (unpaired) electrons. The molecule has 0 atom stereocenters. The molecule has 0 aliphatic heterocycles. The maximum absolute atomic E-state index is 2.72. The molecule has 2 aliphatic rings. The van der Waals surface area contributed by atoms with Crippen LogP contribution in [0.4, 0.5) is 0 Å². The highest BCUT2D eigenvalue weighted by Gasteiger charge is 2.22. The normalized spacial score (nSPS) is 25.7. The molecule has 2 heteroatoms. The zero-order valence-electron chi connectivity index (χ0n) is 9.25. The first kappa shape index (κ1) is 12.0. The Balaban J connectivity index is 0.000000980. The van der Waals surface area contributed by atoms with Gasteiger partial charge in [-0.05, 0) is 51.4 Å². The molecule has 2 rings (SSSR count). The molecule has 0 amide bonds. The van der Waals surface area contributed by atoms with Gasteiger partial charge in [-0.15, -0.1) is 0 Å². The molecule has 0 saturated heterocycles. The molecule has 0 aromatic carbocycles. The molecule has 2 aliphatic carbocycles. The molecule has 0 aromatic rings. The zero-order chi connectivity index (χ0) is 8.93. The summed E-state index contributed by atoms with van der Waals surface area (Å²) in [4.78, 5) is 0. The van der Waals surface area contributed by atoms with E-state index in [4.69, 9.17) is 0 Å². The van der Waals surface area contributed by atoms with Gasteiger partial charge < -0.3 is 10.8 Å². The average molecular weight is 199 g/mol. The van der Waals surface area contributed by atoms with Gasteiger partial charge in [0, 0.05) is 0 Å². The maximum atomic E-state index is 2.72. The van der Waals surface area contributed by atoms with Gasteiger partial charge in [-0.1, -0.05) is 12.8 Å². The molecule has 2 saturated carbocycles. The number of hydrogen-bond acceptors (Lipinski definition) is 1. The summed E-state index contributed by atoms with van der Waals surface area (Å²) >= 11 is 0. The fourth-order valence-corrected chi connectivity index (χ4v) is 3.04. The van der Waals surface area contributed by atoms with Crippen LogP contribution in [0, 0.1) is 0 Å². The number of hydrogen-bond donors (Lipinski definition) is 1. The summed E-state index contributed by atoms with van der Waals surface area (Å²) in [6, 6.07) is 1.99. The second-order valence-electron chi connectivity index (χ2n) is 4.99. The highest BCUT2D eigenvalue weighted by Crippen LogP contribution is 2.18. The molecule has 84 valence electrons. The first-order valence-corrected chi connectivity index (χ1v) is 6.30. The lowest BCUT2D eigenvalue weighted by Crippen LogP contribution is -2.95. The quantitative estimate of drug-likeness (QED) is 0.727. The number of rotatable bonds is 2. The molecular formula is C12H25NO. The van der Waals surface area contributed by atoms with E-state index in [9.17, 15) is 0 Å². The maximum Gasteiger partial charge on any atom is 0.0861 e. The molecule has 0 heterocycles. The topological polar surface area (TPSA) is 46.6 Å². The smallest absolute Gasteiger partial charge is 0.0861 e. The largest absolute Gasteiger partial charge is 0.870 e. The molecule has 2 fully saturated rings. The summed E-state index contributed by atoms with van der Waals surface area (Å²) in [7, 11) is 0. The second kappa shape index (κ2) is 6.41. The van der Waals surface area contributed by atoms with Crippen molar-refractivity contribution in [3.63, 3.8) is 0 Å². The third kappa shape index (κ3) is 3.58. The summed E-state index contributed by atoms with van der Waals surface area (Å²) in [6.45, 7) is 0. The zero-order valence-corrected chi connectivity index (χ0v) is 9.25. The van der Waals surface area contributed by atoms with Gasteiger partial charge in [0.25, 0.3) is 0 Å². The van der Waals surface area contributed by atoms with E-state index in [0.29, 0.717) is 0 Å². The van der Waals surface area contributed by atoms with Crippen molar-refractivity contribution < 1.29 is 10.8 Å². The van der Waals surface area contributed by atoms with Crippen molar-refractivity contribution in [2.24, 2.45) is 0 Å². The van der Waals surface area contributed by atoms with Gasteiger partial charge >= 0.3 is 0 Å². The predicted molar refractivity (Wildman–Crippen MR) is 57.6 cm³/mol. The van der Waals surface area contributed by atoms with Gasteiger partial charge in [0.15, 0.2) is 0 Å². The van der Waals surface area contributed by atoms with Crippen LogP contribution >= 0.6 is 0 Å². The van der Waals surface area contributed by atoms with E-state index in [0.717, 1.165) is 12.1 Å². The van der Waals surface area contributed by atoms with E-state index in [1.807, 2.05) is 0 Å². The van der Waals surface area contributed by atoms with Crippen LogP contribution in [0.5, 0.6) is 0 Å². The Morgan fingerprint density at radius 1 is 0.571 bits per heavy atom. The Morgan fingerprint density at radius 2 is 0.929 bits per heavy atom. The van der Waals surface area contributed by atoms with E-state index in [1.165, 1.54) is 64.2 Å². The van der Waals surface area contributed by atoms with E-state index in [-0.39, 0.29) is 5.48 Å². The summed E-state index contributed by atoms with van der Waals surface area (Å²) in [6.07, 6.45) is 15.0. The molecular weight excluding hydrogens is 174 g/mol. The summed E-state index contributed by atoms with van der Waals surface area (Å²) in [5.74, 6) is 0. The average Bonchev–Trinajstić information content (AvgIpc) is 2.21. The fraction of sp³-hybridized carbons (Fsp3) is 1.00. The van der Waals surface area contributed by atoms with Crippen molar-refractivity contribution in [1.29, 1.82) is 0 Å². The third-order valence-electron chi connectivity index (χ3n) is 3.84. The van der Waals surface area contributed by atoms with Gasteiger partial charge in [0.05, 0.1) is 12.1 Å². The van der Waals surface area contributed by atoms with Gasteiger partial charge in [-0.25, -0.2) is 0 Å². The van der Waals surface area contributed by atoms with Crippen molar-refractivity contribution in [2.75, 3.05) is 0 Å². The number of quaternary nitrogens is 1. The van der Waals surface area contributed by atoms with Gasteiger partial charge in [0.2, 0.25) is 0 Å². The molecule has 0 spiro atoms. The number of nitrogens with two attached hydrogens (primary N) is 1. The summed E-state index contributed by atoms with van der Waals surface area (Å²) in [5, 5.41) is 2.72. The van der Waals surface area contributed by atoms with E-state index >= 15 is 0 Å². The van der Waals surface area contributed by atoms with Crippen molar-refractivity contribution in [3.8, 4) is 0 Å². The fourth-order valence-electron chi connectivity index (χ4n) is 3.04. The first-order valence-electron chi connectivity index (χ1n) is 6.30. The van der Waals surface area contributed by atoms with E-state index < -0.39 is 0 Å². The molecule has 3 N–H and O–H groups in total. The van der Waals surface area contributed by atoms with E-state index in [1.54, 1.807) is 0 Å². The van der Waals surface area contributed by atoms with Crippen LogP contribution in [-0.4, -0.2) is 17.6 Å². The lowest BCUT2D eigenvalue weighted by molar-refractivity contribution is -0.725. The third-order valence-corrected chi connectivity index (χ3v) is 3.84. The molecule has 14 heavy (non-hydrogen) atoms. The van der Waals surface area contributed by atoms with E-state index in [2.05, 4.69) is 5.32 Å². The van der Waals surface area contributed by atoms with Crippen molar-refractivity contribution in [1.82, 2.24) is 0 Å². The Morgan fingerprint density at radius 3 is 1.29 bits per heavy atom. The van der Waals surface area contributed by atoms with Crippen LogP contribution < -0.4 is 5.32 Å². The van der Waals surface area contributed by atoms with Crippen LogP contribution in [0.25, 0.3) is 0 Å². The highest BCUT2D eigenvalue weighted by molar-refractivity contribution is 4.67. The minimum atomic E-state index is 0. The minimum Gasteiger partial charge on any atom is -0.870 e. The minimum absolute atomic E-state index is 0. The van der Waals surface area contributed by atoms with Gasteiger partial charge in [0.1, 0.15) is 0 Å². The molecule has 0 bridgehead atoms. The molecule has 0 aromatic heterocycles. The Hall–Kier alpha value is -0.0800. The second-order valence-corrected chi connectivity index (χ2v) is 4.99. The Kier molecular flexibility index (Phi) is 5.49. The molecule has 2 nitrogen and oxygen atoms in total. The van der Waals surface area contributed by atoms with Crippen molar-refractivity contribution in [3.05, 3.63) is 0 Å². The first-order chi connectivity index (χ1) is 6.45. The van der Waals surface area contributed by atoms with Crippen LogP contribution in [0.2, 0.25) is 0 Å². The van der Waals surface area contributed by atoms with Crippen molar-refractivity contribution in [2.45, 2.75) is 76.3 Å². The monoisotopic (exact) mass is 199 g/mol. The van der Waals surface area contributed by atoms with Crippen LogP contribution in [0.3, 0.4) is 0 Å². The lowest BCUT2D eigenvalue weighted by Gasteiger charge is -2.27. The van der Waals surface area contributed by atoms with Gasteiger partial charge in [-0.2, -0.15) is 0 Å². The van der Waals surface area contributed by atoms with Gasteiger partial charge in [-0.3, -0.25) is 0 Å². The SMILES string of the molecule is C1CCC([NH2+]C2CCCCC2)CC1.[OH-]. The lowest BCUT2D eigenvalue weighted by atomic mass is 9.91. The van der Waals surface area contributed by atoms with Crippen molar-refractivity contribution >= 4 is 0 Å². The summed E-state index contributed by atoms with van der Waals surface area (Å²) in [5.41, 5.74) is 0. The standard InChI is InChI=1S/C12H23N.H2O/c1-3-7-11(8-4-1)13-12-9-5-2-6-10-12;/h11-13H,1-10H2;1H2. The Labute approximate surface area is 87.8 Å². The highest BCUT2D eigenvalue weighted by atomic mass is 16.0. The Bertz CT molecular complexity index is 121. The predicted octanol–water partition coefficient (Wildman–Crippen LogP) is 2.04. The summed E-state index contributed by atoms with van der Waals surface area (Å²) < 4.78 is 0. The van der Waals surface area contributed by atoms with Crippen LogP contribution in [0.1, 0.15) is 64.2 Å². The molecule has 0 unspecified atom stereocenters.